The number of likely N-dealkylation sites (tertiary alicyclic amines) is 1. The zero-order valence-corrected chi connectivity index (χ0v) is 19.5. The van der Waals surface area contributed by atoms with E-state index in [4.69, 9.17) is 0 Å². The lowest BCUT2D eigenvalue weighted by atomic mass is 9.94. The van der Waals surface area contributed by atoms with Crippen molar-refractivity contribution in [3.63, 3.8) is 0 Å². The van der Waals surface area contributed by atoms with Crippen LogP contribution in [0.4, 0.5) is 0 Å². The fourth-order valence-electron chi connectivity index (χ4n) is 4.21. The molecule has 2 N–H and O–H groups in total. The van der Waals surface area contributed by atoms with E-state index in [9.17, 15) is 14.7 Å². The summed E-state index contributed by atoms with van der Waals surface area (Å²) in [6, 6.07) is 1.69. The number of nitrogens with zero attached hydrogens (tertiary/aromatic N) is 6. The Bertz CT molecular complexity index is 961. The molecular formula is C21H31N7O3S. The van der Waals surface area contributed by atoms with Gasteiger partial charge in [0.1, 0.15) is 12.0 Å². The molecule has 0 aromatic carbocycles. The van der Waals surface area contributed by atoms with E-state index in [1.165, 1.54) is 11.9 Å². The maximum atomic E-state index is 12.5. The molecule has 0 aliphatic carbocycles. The summed E-state index contributed by atoms with van der Waals surface area (Å²) in [5.74, 6) is 0.124. The number of amides is 2. The summed E-state index contributed by atoms with van der Waals surface area (Å²) < 4.78 is 1.82. The number of hydrogen-bond donors (Lipinski definition) is 2. The fourth-order valence-corrected chi connectivity index (χ4v) is 4.21. The summed E-state index contributed by atoms with van der Waals surface area (Å²) in [6.45, 7) is 5.26. The Kier molecular flexibility index (Phi) is 7.86. The summed E-state index contributed by atoms with van der Waals surface area (Å²) in [6.07, 6.45) is 4.31. The maximum Gasteiger partial charge on any atom is 0.270 e. The molecule has 1 fully saturated rings. The van der Waals surface area contributed by atoms with E-state index >= 15 is 0 Å². The van der Waals surface area contributed by atoms with Gasteiger partial charge < -0.3 is 15.3 Å². The van der Waals surface area contributed by atoms with Crippen molar-refractivity contribution in [1.82, 2.24) is 34.9 Å². The van der Waals surface area contributed by atoms with Crippen molar-refractivity contribution in [2.24, 2.45) is 13.0 Å². The molecule has 32 heavy (non-hydrogen) atoms. The number of nitrogens with one attached hydrogen (secondary N) is 1. The highest BCUT2D eigenvalue weighted by molar-refractivity contribution is 7.59. The molecule has 2 aliphatic rings. The fraction of sp³-hybridized carbons (Fsp3) is 0.571. The molecule has 0 saturated carbocycles. The zero-order valence-electron chi connectivity index (χ0n) is 18.5. The summed E-state index contributed by atoms with van der Waals surface area (Å²) in [4.78, 5) is 36.1. The summed E-state index contributed by atoms with van der Waals surface area (Å²) in [5.41, 5.74) is 3.39. The molecular weight excluding hydrogens is 430 g/mol. The third-order valence-electron chi connectivity index (χ3n) is 5.87. The molecule has 2 amide bonds. The normalized spacial score (nSPS) is 17.2. The maximum absolute atomic E-state index is 12.5. The van der Waals surface area contributed by atoms with Crippen LogP contribution in [-0.2, 0) is 31.2 Å². The number of aryl methyl sites for hydroxylation is 1. The van der Waals surface area contributed by atoms with Crippen LogP contribution in [0.2, 0.25) is 0 Å². The van der Waals surface area contributed by atoms with Crippen LogP contribution in [0.15, 0.2) is 18.6 Å². The predicted molar refractivity (Wildman–Crippen MR) is 122 cm³/mol. The zero-order chi connectivity index (χ0) is 22.0. The third-order valence-corrected chi connectivity index (χ3v) is 5.87. The minimum Gasteiger partial charge on any atom is -0.390 e. The molecule has 1 atom stereocenters. The molecule has 4 rings (SSSR count). The standard InChI is InChI=1S/C21H29N7O3.H2S/c1-14(29)28-8-15(9-28)5-17-6-20(24-13-23-17)21(31)22-7-18(30)12-27-4-3-19-16(11-27)10-26(2)25-19;/h6,10,13,15,18,30H,3-5,7-9,11-12H2,1-2H3,(H,22,31);1H2/t18-;/m0./s1. The Morgan fingerprint density at radius 2 is 2.09 bits per heavy atom. The Hall–Kier alpha value is -2.50. The van der Waals surface area contributed by atoms with Crippen LogP contribution in [0.25, 0.3) is 0 Å². The van der Waals surface area contributed by atoms with Crippen molar-refractivity contribution in [1.29, 1.82) is 0 Å². The number of aromatic nitrogens is 4. The molecule has 1 saturated heterocycles. The quantitative estimate of drug-likeness (QED) is 0.571. The molecule has 0 radical (unpaired) electrons. The van der Waals surface area contributed by atoms with Crippen LogP contribution < -0.4 is 5.32 Å². The molecule has 0 bridgehead atoms. The Balaban J connectivity index is 0.00000289. The number of carbonyl (C=O) groups is 2. The lowest BCUT2D eigenvalue weighted by molar-refractivity contribution is -0.134. The highest BCUT2D eigenvalue weighted by atomic mass is 32.1. The molecule has 10 nitrogen and oxygen atoms in total. The highest BCUT2D eigenvalue weighted by Crippen LogP contribution is 2.20. The SMILES string of the molecule is CC(=O)N1CC(Cc2cc(C(=O)NC[C@H](O)CN3CCc4nn(C)cc4C3)ncn2)C1.S. The van der Waals surface area contributed by atoms with E-state index in [1.807, 2.05) is 17.9 Å². The Labute approximate surface area is 194 Å². The number of aliphatic hydroxyl groups is 1. The number of β-amino-alcohol motifs (C(OH)–C–C–N with tert-alkyl or cyclic N) is 1. The molecule has 174 valence electrons. The van der Waals surface area contributed by atoms with Gasteiger partial charge in [-0.1, -0.05) is 0 Å². The first-order valence-electron chi connectivity index (χ1n) is 10.6. The summed E-state index contributed by atoms with van der Waals surface area (Å²) in [5, 5.41) is 17.6. The van der Waals surface area contributed by atoms with Gasteiger partial charge in [-0.15, -0.1) is 0 Å². The average molecular weight is 462 g/mol. The second kappa shape index (κ2) is 10.4. The number of aliphatic hydroxyl groups excluding tert-OH is 1. The monoisotopic (exact) mass is 461 g/mol. The van der Waals surface area contributed by atoms with Gasteiger partial charge in [0.2, 0.25) is 5.91 Å². The number of carbonyl (C=O) groups excluding carboxylic acids is 2. The first kappa shape index (κ1) is 24.1. The van der Waals surface area contributed by atoms with Crippen LogP contribution in [0, 0.1) is 5.92 Å². The van der Waals surface area contributed by atoms with Gasteiger partial charge in [-0.2, -0.15) is 18.6 Å². The van der Waals surface area contributed by atoms with Gasteiger partial charge in [0.15, 0.2) is 0 Å². The van der Waals surface area contributed by atoms with Crippen LogP contribution in [0.1, 0.15) is 34.4 Å². The molecule has 11 heteroatoms. The smallest absolute Gasteiger partial charge is 0.270 e. The average Bonchev–Trinajstić information content (AvgIpc) is 3.07. The van der Waals surface area contributed by atoms with Gasteiger partial charge >= 0.3 is 0 Å². The second-order valence-electron chi connectivity index (χ2n) is 8.51. The Morgan fingerprint density at radius 3 is 2.84 bits per heavy atom. The van der Waals surface area contributed by atoms with Crippen molar-refractivity contribution >= 4 is 25.3 Å². The van der Waals surface area contributed by atoms with E-state index < -0.39 is 6.10 Å². The van der Waals surface area contributed by atoms with Gasteiger partial charge in [-0.3, -0.25) is 19.2 Å². The van der Waals surface area contributed by atoms with Crippen molar-refractivity contribution < 1.29 is 14.7 Å². The summed E-state index contributed by atoms with van der Waals surface area (Å²) >= 11 is 0. The van der Waals surface area contributed by atoms with E-state index in [1.54, 1.807) is 17.9 Å². The molecule has 4 heterocycles. The van der Waals surface area contributed by atoms with Crippen molar-refractivity contribution in [2.75, 3.05) is 32.7 Å². The minimum atomic E-state index is -0.670. The summed E-state index contributed by atoms with van der Waals surface area (Å²) in [7, 11) is 1.92. The molecule has 0 unspecified atom stereocenters. The van der Waals surface area contributed by atoms with Crippen LogP contribution in [0.3, 0.4) is 0 Å². The molecule has 2 aliphatic heterocycles. The molecule has 2 aromatic rings. The predicted octanol–water partition coefficient (Wildman–Crippen LogP) is -0.507. The van der Waals surface area contributed by atoms with Crippen molar-refractivity contribution in [2.45, 2.75) is 32.4 Å². The topological polar surface area (TPSA) is 116 Å². The van der Waals surface area contributed by atoms with E-state index in [2.05, 4.69) is 25.3 Å². The van der Waals surface area contributed by atoms with Gasteiger partial charge in [0.25, 0.3) is 5.91 Å². The van der Waals surface area contributed by atoms with Gasteiger partial charge in [0.05, 0.1) is 11.8 Å². The first-order chi connectivity index (χ1) is 14.9. The minimum absolute atomic E-state index is 0. The van der Waals surface area contributed by atoms with Gasteiger partial charge in [-0.25, -0.2) is 9.97 Å². The first-order valence-corrected chi connectivity index (χ1v) is 10.6. The Morgan fingerprint density at radius 1 is 1.31 bits per heavy atom. The molecule has 0 spiro atoms. The van der Waals surface area contributed by atoms with Gasteiger partial charge in [-0.05, 0) is 18.4 Å². The number of rotatable bonds is 7. The number of hydrogen-bond acceptors (Lipinski definition) is 7. The van der Waals surface area contributed by atoms with Crippen LogP contribution >= 0.6 is 13.5 Å². The lowest BCUT2D eigenvalue weighted by Crippen LogP contribution is -2.49. The largest absolute Gasteiger partial charge is 0.390 e. The van der Waals surface area contributed by atoms with E-state index in [-0.39, 0.29) is 37.5 Å². The lowest BCUT2D eigenvalue weighted by Gasteiger charge is -2.38. The molecule has 2 aromatic heterocycles. The number of fused-ring (bicyclic) bond motifs is 1. The van der Waals surface area contributed by atoms with Gasteiger partial charge in [0, 0.05) is 77.1 Å². The van der Waals surface area contributed by atoms with Crippen molar-refractivity contribution in [3.8, 4) is 0 Å². The van der Waals surface area contributed by atoms with E-state index in [0.717, 1.165) is 44.0 Å². The van der Waals surface area contributed by atoms with E-state index in [0.29, 0.717) is 18.9 Å². The third kappa shape index (κ3) is 5.84. The second-order valence-corrected chi connectivity index (χ2v) is 8.51. The van der Waals surface area contributed by atoms with Crippen LogP contribution in [-0.4, -0.2) is 85.3 Å². The van der Waals surface area contributed by atoms with Crippen molar-refractivity contribution in [3.05, 3.63) is 41.2 Å². The van der Waals surface area contributed by atoms with Crippen LogP contribution in [0.5, 0.6) is 0 Å². The highest BCUT2D eigenvalue weighted by Gasteiger charge is 2.29.